The summed E-state index contributed by atoms with van der Waals surface area (Å²) < 4.78 is 30.2. The second-order valence-corrected chi connectivity index (χ2v) is 4.31. The van der Waals surface area contributed by atoms with Gasteiger partial charge in [0.2, 0.25) is 0 Å². The maximum absolute atomic E-state index is 10.7. The molecule has 0 bridgehead atoms. The zero-order chi connectivity index (χ0) is 10.1. The average molecular weight is 202 g/mol. The SMILES string of the molecule is CNC1C=CC(S(=O)(=O)O)=C[C]1C. The van der Waals surface area contributed by atoms with E-state index >= 15 is 0 Å². The normalized spacial score (nSPS) is 24.5. The van der Waals surface area contributed by atoms with E-state index in [1.807, 2.05) is 0 Å². The Balaban J connectivity index is 2.92. The first-order valence-corrected chi connectivity index (χ1v) is 5.27. The molecule has 0 fully saturated rings. The van der Waals surface area contributed by atoms with Gasteiger partial charge in [-0.25, -0.2) is 0 Å². The number of likely N-dealkylation sites (N-methyl/N-ethyl adjacent to an activating group) is 1. The van der Waals surface area contributed by atoms with Crippen LogP contribution in [0, 0.1) is 5.92 Å². The Morgan fingerprint density at radius 3 is 2.54 bits per heavy atom. The Hall–Kier alpha value is -0.650. The molecule has 0 aromatic heterocycles. The molecule has 0 aromatic carbocycles. The largest absolute Gasteiger partial charge is 0.313 e. The third kappa shape index (κ3) is 2.40. The Kier molecular flexibility index (Phi) is 2.90. The predicted molar refractivity (Wildman–Crippen MR) is 50.5 cm³/mol. The minimum absolute atomic E-state index is 0.0468. The van der Waals surface area contributed by atoms with Crippen molar-refractivity contribution in [1.82, 2.24) is 5.32 Å². The lowest BCUT2D eigenvalue weighted by molar-refractivity contribution is 0.491. The summed E-state index contributed by atoms with van der Waals surface area (Å²) in [5.41, 5.74) is 0. The van der Waals surface area contributed by atoms with Crippen LogP contribution < -0.4 is 5.32 Å². The van der Waals surface area contributed by atoms with Gasteiger partial charge in [-0.05, 0) is 13.1 Å². The molecule has 0 saturated carbocycles. The van der Waals surface area contributed by atoms with Gasteiger partial charge in [-0.2, -0.15) is 8.42 Å². The minimum atomic E-state index is -4.06. The molecule has 73 valence electrons. The molecule has 1 atom stereocenters. The zero-order valence-electron chi connectivity index (χ0n) is 7.48. The first-order chi connectivity index (χ1) is 5.95. The lowest BCUT2D eigenvalue weighted by atomic mass is 9.97. The van der Waals surface area contributed by atoms with Gasteiger partial charge < -0.3 is 5.32 Å². The molecule has 5 heteroatoms. The predicted octanol–water partition coefficient (Wildman–Crippen LogP) is 0.510. The fourth-order valence-corrected chi connectivity index (χ4v) is 1.77. The van der Waals surface area contributed by atoms with Crippen molar-refractivity contribution < 1.29 is 13.0 Å². The van der Waals surface area contributed by atoms with Gasteiger partial charge in [0.15, 0.2) is 0 Å². The van der Waals surface area contributed by atoms with Gasteiger partial charge in [0.25, 0.3) is 10.1 Å². The first-order valence-electron chi connectivity index (χ1n) is 3.83. The Morgan fingerprint density at radius 2 is 2.15 bits per heavy atom. The highest BCUT2D eigenvalue weighted by Crippen LogP contribution is 2.21. The second kappa shape index (κ2) is 3.61. The Labute approximate surface area is 78.1 Å². The number of allylic oxidation sites excluding steroid dienone is 1. The molecule has 1 aliphatic rings. The van der Waals surface area contributed by atoms with E-state index in [-0.39, 0.29) is 10.9 Å². The summed E-state index contributed by atoms with van der Waals surface area (Å²) in [5.74, 6) is 0.859. The summed E-state index contributed by atoms with van der Waals surface area (Å²) in [5, 5.41) is 2.98. The number of nitrogens with one attached hydrogen (secondary N) is 1. The molecule has 0 heterocycles. The van der Waals surface area contributed by atoms with Gasteiger partial charge in [0.1, 0.15) is 0 Å². The molecule has 0 aromatic rings. The van der Waals surface area contributed by atoms with E-state index in [0.717, 1.165) is 5.92 Å². The fraction of sp³-hybridized carbons (Fsp3) is 0.375. The quantitative estimate of drug-likeness (QED) is 0.640. The van der Waals surface area contributed by atoms with Crippen molar-refractivity contribution in [3.63, 3.8) is 0 Å². The van der Waals surface area contributed by atoms with Crippen molar-refractivity contribution in [3.05, 3.63) is 29.1 Å². The summed E-state index contributed by atoms with van der Waals surface area (Å²) in [6, 6.07) is 0.0468. The summed E-state index contributed by atoms with van der Waals surface area (Å²) in [6.45, 7) is 1.80. The van der Waals surface area contributed by atoms with Crippen LogP contribution >= 0.6 is 0 Å². The van der Waals surface area contributed by atoms with Crippen molar-refractivity contribution >= 4 is 10.1 Å². The van der Waals surface area contributed by atoms with Crippen LogP contribution in [-0.4, -0.2) is 26.1 Å². The smallest absolute Gasteiger partial charge is 0.294 e. The molecule has 1 radical (unpaired) electrons. The van der Waals surface area contributed by atoms with Crippen molar-refractivity contribution in [2.45, 2.75) is 13.0 Å². The number of rotatable bonds is 2. The topological polar surface area (TPSA) is 66.4 Å². The van der Waals surface area contributed by atoms with Gasteiger partial charge >= 0.3 is 0 Å². The van der Waals surface area contributed by atoms with E-state index in [1.165, 1.54) is 12.2 Å². The Bertz CT molecular complexity index is 342. The van der Waals surface area contributed by atoms with E-state index < -0.39 is 10.1 Å². The van der Waals surface area contributed by atoms with Crippen LogP contribution in [0.4, 0.5) is 0 Å². The average Bonchev–Trinajstić information content (AvgIpc) is 2.02. The molecule has 0 aliphatic heterocycles. The van der Waals surface area contributed by atoms with E-state index in [1.54, 1.807) is 20.0 Å². The first kappa shape index (κ1) is 10.4. The van der Waals surface area contributed by atoms with Gasteiger partial charge in [0.05, 0.1) is 4.91 Å². The van der Waals surface area contributed by atoms with Crippen LogP contribution in [0.25, 0.3) is 0 Å². The molecule has 4 nitrogen and oxygen atoms in total. The minimum Gasteiger partial charge on any atom is -0.313 e. The summed E-state index contributed by atoms with van der Waals surface area (Å²) >= 11 is 0. The van der Waals surface area contributed by atoms with Crippen molar-refractivity contribution in [2.24, 2.45) is 0 Å². The molecule has 13 heavy (non-hydrogen) atoms. The standard InChI is InChI=1S/C8H12NO3S/c1-6-5-7(13(10,11)12)3-4-8(6)9-2/h3-5,8-9H,1-2H3,(H,10,11,12). The highest BCUT2D eigenvalue weighted by Gasteiger charge is 2.20. The summed E-state index contributed by atoms with van der Waals surface area (Å²) in [4.78, 5) is -0.0588. The van der Waals surface area contributed by atoms with Crippen LogP contribution in [0.2, 0.25) is 0 Å². The molecule has 0 amide bonds. The van der Waals surface area contributed by atoms with Crippen molar-refractivity contribution in [1.29, 1.82) is 0 Å². The highest BCUT2D eigenvalue weighted by molar-refractivity contribution is 7.90. The van der Waals surface area contributed by atoms with Gasteiger partial charge in [-0.3, -0.25) is 4.55 Å². The van der Waals surface area contributed by atoms with Crippen molar-refractivity contribution in [3.8, 4) is 0 Å². The number of hydrogen-bond donors (Lipinski definition) is 2. The third-order valence-corrected chi connectivity index (χ3v) is 2.77. The number of hydrogen-bond acceptors (Lipinski definition) is 3. The van der Waals surface area contributed by atoms with Crippen LogP contribution in [0.15, 0.2) is 23.1 Å². The van der Waals surface area contributed by atoms with Crippen LogP contribution in [0.1, 0.15) is 6.92 Å². The van der Waals surface area contributed by atoms with Crippen LogP contribution in [-0.2, 0) is 10.1 Å². The summed E-state index contributed by atoms with van der Waals surface area (Å²) in [6.07, 6.45) is 4.54. The lowest BCUT2D eigenvalue weighted by Crippen LogP contribution is -2.29. The van der Waals surface area contributed by atoms with E-state index in [4.69, 9.17) is 4.55 Å². The molecular weight excluding hydrogens is 190 g/mol. The molecule has 0 saturated heterocycles. The molecule has 1 rings (SSSR count). The molecule has 1 aliphatic carbocycles. The van der Waals surface area contributed by atoms with Crippen LogP contribution in [0.5, 0.6) is 0 Å². The lowest BCUT2D eigenvalue weighted by Gasteiger charge is -2.20. The second-order valence-electron chi connectivity index (χ2n) is 2.89. The molecular formula is C8H12NO3S. The summed E-state index contributed by atoms with van der Waals surface area (Å²) in [7, 11) is -2.28. The highest BCUT2D eigenvalue weighted by atomic mass is 32.2. The molecule has 1 unspecified atom stereocenters. The maximum atomic E-state index is 10.7. The van der Waals surface area contributed by atoms with E-state index in [0.29, 0.717) is 0 Å². The molecule has 0 spiro atoms. The van der Waals surface area contributed by atoms with Gasteiger partial charge in [-0.1, -0.05) is 19.1 Å². The monoisotopic (exact) mass is 202 g/mol. The van der Waals surface area contributed by atoms with Gasteiger partial charge in [-0.15, -0.1) is 0 Å². The third-order valence-electron chi connectivity index (χ3n) is 1.92. The zero-order valence-corrected chi connectivity index (χ0v) is 8.30. The van der Waals surface area contributed by atoms with Gasteiger partial charge in [0, 0.05) is 12.0 Å². The Morgan fingerprint density at radius 1 is 1.54 bits per heavy atom. The van der Waals surface area contributed by atoms with Crippen LogP contribution in [0.3, 0.4) is 0 Å². The van der Waals surface area contributed by atoms with E-state index in [2.05, 4.69) is 5.32 Å². The maximum Gasteiger partial charge on any atom is 0.294 e. The van der Waals surface area contributed by atoms with E-state index in [9.17, 15) is 8.42 Å². The molecule has 2 N–H and O–H groups in total. The fourth-order valence-electron chi connectivity index (χ4n) is 1.19. The van der Waals surface area contributed by atoms with Crippen molar-refractivity contribution in [2.75, 3.05) is 7.05 Å².